The highest BCUT2D eigenvalue weighted by Gasteiger charge is 2.30. The van der Waals surface area contributed by atoms with Crippen LogP contribution in [0.1, 0.15) is 27.7 Å². The molecule has 0 bridgehead atoms. The number of aromatic nitrogens is 2. The van der Waals surface area contributed by atoms with Crippen molar-refractivity contribution in [3.63, 3.8) is 0 Å². The van der Waals surface area contributed by atoms with Crippen molar-refractivity contribution in [2.75, 3.05) is 4.31 Å². The van der Waals surface area contributed by atoms with E-state index in [1.807, 2.05) is 60.7 Å². The summed E-state index contributed by atoms with van der Waals surface area (Å²) in [5.74, 6) is -1.40. The van der Waals surface area contributed by atoms with Gasteiger partial charge in [-0.3, -0.25) is 9.10 Å². The molecule has 38 heavy (non-hydrogen) atoms. The third-order valence-electron chi connectivity index (χ3n) is 6.39. The molecule has 1 aromatic heterocycles. The maximum atomic E-state index is 13.9. The Morgan fingerprint density at radius 1 is 0.921 bits per heavy atom. The van der Waals surface area contributed by atoms with E-state index >= 15 is 0 Å². The molecule has 0 N–H and O–H groups in total. The first-order valence-corrected chi connectivity index (χ1v) is 13.4. The van der Waals surface area contributed by atoms with Gasteiger partial charge in [-0.25, -0.2) is 13.4 Å². The van der Waals surface area contributed by atoms with Crippen LogP contribution in [0.2, 0.25) is 0 Å². The molecule has 7 nitrogen and oxygen atoms in total. The summed E-state index contributed by atoms with van der Waals surface area (Å²) in [5, 5.41) is 9.94. The zero-order valence-corrected chi connectivity index (χ0v) is 21.4. The lowest BCUT2D eigenvalue weighted by Gasteiger charge is -2.25. The molecule has 5 aromatic rings. The number of anilines is 1. The van der Waals surface area contributed by atoms with Crippen LogP contribution < -0.4 is 4.31 Å². The molecule has 1 heterocycles. The molecule has 188 valence electrons. The summed E-state index contributed by atoms with van der Waals surface area (Å²) >= 11 is 0. The fourth-order valence-corrected chi connectivity index (χ4v) is 5.92. The monoisotopic (exact) mass is 520 g/mol. The van der Waals surface area contributed by atoms with Crippen LogP contribution in [0.25, 0.3) is 11.0 Å². The Morgan fingerprint density at radius 3 is 2.26 bits per heavy atom. The van der Waals surface area contributed by atoms with E-state index in [0.29, 0.717) is 17.0 Å². The SMILES string of the molecule is Cn1c(C(C#N)C(=O)c2cccc(S(=O)(=O)N(Cc3ccccc3)c3ccccc3)c2)nc2ccccc21. The molecule has 0 aliphatic carbocycles. The van der Waals surface area contributed by atoms with Crippen molar-refractivity contribution < 1.29 is 13.2 Å². The van der Waals surface area contributed by atoms with Gasteiger partial charge in [-0.1, -0.05) is 72.8 Å². The van der Waals surface area contributed by atoms with E-state index in [1.165, 1.54) is 28.6 Å². The second-order valence-electron chi connectivity index (χ2n) is 8.80. The van der Waals surface area contributed by atoms with E-state index in [4.69, 9.17) is 0 Å². The van der Waals surface area contributed by atoms with Crippen molar-refractivity contribution in [3.8, 4) is 6.07 Å². The standard InChI is InChI=1S/C30H24N4O3S/c1-33-28-18-9-8-17-27(28)32-30(33)26(20-31)29(35)23-13-10-16-25(19-23)38(36,37)34(24-14-6-3-7-15-24)21-22-11-4-2-5-12-22/h2-19,26H,21H2,1H3. The number of rotatable bonds is 8. The van der Waals surface area contributed by atoms with Crippen LogP contribution in [-0.2, 0) is 23.6 Å². The van der Waals surface area contributed by atoms with E-state index in [-0.39, 0.29) is 17.0 Å². The highest BCUT2D eigenvalue weighted by atomic mass is 32.2. The number of hydrogen-bond acceptors (Lipinski definition) is 5. The number of sulfonamides is 1. The molecule has 0 saturated heterocycles. The summed E-state index contributed by atoms with van der Waals surface area (Å²) in [6.07, 6.45) is 0. The van der Waals surface area contributed by atoms with Crippen LogP contribution in [0.15, 0.2) is 114 Å². The van der Waals surface area contributed by atoms with Crippen LogP contribution >= 0.6 is 0 Å². The number of fused-ring (bicyclic) bond motifs is 1. The summed E-state index contributed by atoms with van der Waals surface area (Å²) in [6.45, 7) is 0.117. The van der Waals surface area contributed by atoms with Gasteiger partial charge in [0.2, 0.25) is 0 Å². The second-order valence-corrected chi connectivity index (χ2v) is 10.7. The number of carbonyl (C=O) groups excluding carboxylic acids is 1. The normalized spacial score (nSPS) is 12.1. The first-order chi connectivity index (χ1) is 18.4. The lowest BCUT2D eigenvalue weighted by molar-refractivity contribution is 0.0975. The molecule has 5 rings (SSSR count). The third kappa shape index (κ3) is 4.67. The highest BCUT2D eigenvalue weighted by molar-refractivity contribution is 7.92. The maximum Gasteiger partial charge on any atom is 0.264 e. The molecule has 4 aromatic carbocycles. The summed E-state index contributed by atoms with van der Waals surface area (Å²) in [4.78, 5) is 18.0. The predicted molar refractivity (Wildman–Crippen MR) is 146 cm³/mol. The van der Waals surface area contributed by atoms with Crippen LogP contribution in [0.5, 0.6) is 0 Å². The summed E-state index contributed by atoms with van der Waals surface area (Å²) in [7, 11) is -2.30. The number of benzene rings is 4. The van der Waals surface area contributed by atoms with Crippen LogP contribution in [0.3, 0.4) is 0 Å². The van der Waals surface area contributed by atoms with Crippen molar-refractivity contribution in [3.05, 3.63) is 126 Å². The van der Waals surface area contributed by atoms with E-state index in [2.05, 4.69) is 11.1 Å². The summed E-state index contributed by atoms with van der Waals surface area (Å²) in [6, 6.07) is 33.4. The highest BCUT2D eigenvalue weighted by Crippen LogP contribution is 2.28. The van der Waals surface area contributed by atoms with E-state index in [9.17, 15) is 18.5 Å². The Morgan fingerprint density at radius 2 is 1.58 bits per heavy atom. The number of ketones is 1. The van der Waals surface area contributed by atoms with Crippen molar-refractivity contribution >= 4 is 32.5 Å². The molecule has 0 amide bonds. The van der Waals surface area contributed by atoms with Gasteiger partial charge in [0, 0.05) is 12.6 Å². The van der Waals surface area contributed by atoms with Gasteiger partial charge in [-0.15, -0.1) is 0 Å². The van der Waals surface area contributed by atoms with Gasteiger partial charge in [0.1, 0.15) is 5.82 Å². The van der Waals surface area contributed by atoms with Gasteiger partial charge in [-0.2, -0.15) is 5.26 Å². The molecule has 0 fully saturated rings. The molecule has 0 spiro atoms. The van der Waals surface area contributed by atoms with E-state index in [0.717, 1.165) is 11.1 Å². The number of Topliss-reactive ketones (excluding diaryl/α,β-unsaturated/α-hetero) is 1. The van der Waals surface area contributed by atoms with Gasteiger partial charge < -0.3 is 4.57 Å². The Bertz CT molecular complexity index is 1760. The predicted octanol–water partition coefficient (Wildman–Crippen LogP) is 5.46. The van der Waals surface area contributed by atoms with Crippen LogP contribution in [0.4, 0.5) is 5.69 Å². The molecule has 1 atom stereocenters. The van der Waals surface area contributed by atoms with Gasteiger partial charge in [-0.05, 0) is 42.0 Å². The molecule has 1 unspecified atom stereocenters. The smallest absolute Gasteiger partial charge is 0.264 e. The van der Waals surface area contributed by atoms with Crippen molar-refractivity contribution in [2.24, 2.45) is 7.05 Å². The Balaban J connectivity index is 1.53. The van der Waals surface area contributed by atoms with Gasteiger partial charge >= 0.3 is 0 Å². The molecule has 0 aliphatic heterocycles. The van der Waals surface area contributed by atoms with Gasteiger partial charge in [0.25, 0.3) is 10.0 Å². The van der Waals surface area contributed by atoms with Crippen molar-refractivity contribution in [2.45, 2.75) is 17.4 Å². The lowest BCUT2D eigenvalue weighted by Crippen LogP contribution is -2.30. The summed E-state index contributed by atoms with van der Waals surface area (Å²) in [5.41, 5.74) is 2.92. The largest absolute Gasteiger partial charge is 0.330 e. The number of imidazole rings is 1. The number of para-hydroxylation sites is 3. The zero-order chi connectivity index (χ0) is 26.7. The quantitative estimate of drug-likeness (QED) is 0.253. The number of aryl methyl sites for hydroxylation is 1. The Kier molecular flexibility index (Phi) is 6.77. The minimum absolute atomic E-state index is 0.0372. The maximum absolute atomic E-state index is 13.9. The average molecular weight is 521 g/mol. The first-order valence-electron chi connectivity index (χ1n) is 12.0. The zero-order valence-electron chi connectivity index (χ0n) is 20.6. The average Bonchev–Trinajstić information content (AvgIpc) is 3.29. The van der Waals surface area contributed by atoms with E-state index < -0.39 is 21.7 Å². The molecular weight excluding hydrogens is 496 g/mol. The minimum Gasteiger partial charge on any atom is -0.330 e. The topological polar surface area (TPSA) is 96.1 Å². The minimum atomic E-state index is -4.06. The number of nitrogens with zero attached hydrogens (tertiary/aromatic N) is 4. The van der Waals surface area contributed by atoms with Crippen molar-refractivity contribution in [1.29, 1.82) is 5.26 Å². The van der Waals surface area contributed by atoms with Gasteiger partial charge in [0.05, 0.1) is 34.2 Å². The van der Waals surface area contributed by atoms with E-state index in [1.54, 1.807) is 35.9 Å². The Labute approximate surface area is 221 Å². The van der Waals surface area contributed by atoms with Crippen molar-refractivity contribution in [1.82, 2.24) is 9.55 Å². The second kappa shape index (κ2) is 10.3. The fourth-order valence-electron chi connectivity index (χ4n) is 4.42. The lowest BCUT2D eigenvalue weighted by atomic mass is 9.98. The summed E-state index contributed by atoms with van der Waals surface area (Å²) < 4.78 is 30.9. The number of hydrogen-bond donors (Lipinski definition) is 0. The molecular formula is C30H24N4O3S. The molecule has 8 heteroatoms. The first kappa shape index (κ1) is 24.9. The number of carbonyl (C=O) groups is 1. The number of nitriles is 1. The van der Waals surface area contributed by atoms with Gasteiger partial charge in [0.15, 0.2) is 11.7 Å². The third-order valence-corrected chi connectivity index (χ3v) is 8.16. The molecule has 0 aliphatic rings. The Hall–Kier alpha value is -4.74. The fraction of sp³-hybridized carbons (Fsp3) is 0.100. The molecule has 0 radical (unpaired) electrons. The van der Waals surface area contributed by atoms with Crippen LogP contribution in [-0.4, -0.2) is 23.8 Å². The van der Waals surface area contributed by atoms with Crippen LogP contribution in [0, 0.1) is 11.3 Å². The molecule has 0 saturated carbocycles.